The zero-order valence-corrected chi connectivity index (χ0v) is 10.1. The third-order valence-corrected chi connectivity index (χ3v) is 2.90. The van der Waals surface area contributed by atoms with Gasteiger partial charge in [0.05, 0.1) is 6.04 Å². The quantitative estimate of drug-likeness (QED) is 0.842. The number of nitrogens with two attached hydrogens (primary N) is 1. The molecule has 0 unspecified atom stereocenters. The van der Waals surface area contributed by atoms with Gasteiger partial charge in [-0.05, 0) is 36.2 Å². The first-order valence-electron chi connectivity index (χ1n) is 5.70. The standard InChI is InChI=1S/C15H14FNO/c1-10-9-12(16)7-8-13(10)15(18)14(17)11-5-3-2-4-6-11/h2-9,14H,17H2,1H3/t14-/m1/s1. The summed E-state index contributed by atoms with van der Waals surface area (Å²) in [5, 5.41) is 0. The van der Waals surface area contributed by atoms with Crippen LogP contribution in [-0.4, -0.2) is 5.78 Å². The highest BCUT2D eigenvalue weighted by Crippen LogP contribution is 2.19. The van der Waals surface area contributed by atoms with Gasteiger partial charge in [-0.25, -0.2) is 4.39 Å². The van der Waals surface area contributed by atoms with Gasteiger partial charge in [0.15, 0.2) is 5.78 Å². The summed E-state index contributed by atoms with van der Waals surface area (Å²) < 4.78 is 13.0. The zero-order valence-electron chi connectivity index (χ0n) is 10.1. The molecule has 0 aliphatic heterocycles. The van der Waals surface area contributed by atoms with E-state index < -0.39 is 6.04 Å². The number of carbonyl (C=O) groups excluding carboxylic acids is 1. The summed E-state index contributed by atoms with van der Waals surface area (Å²) in [6.07, 6.45) is 0. The van der Waals surface area contributed by atoms with Crippen LogP contribution in [0, 0.1) is 12.7 Å². The smallest absolute Gasteiger partial charge is 0.184 e. The Labute approximate surface area is 105 Å². The molecule has 2 aromatic carbocycles. The molecule has 1 atom stereocenters. The number of carbonyl (C=O) groups is 1. The highest BCUT2D eigenvalue weighted by Gasteiger charge is 2.19. The summed E-state index contributed by atoms with van der Waals surface area (Å²) in [5.74, 6) is -0.545. The molecule has 2 nitrogen and oxygen atoms in total. The maximum Gasteiger partial charge on any atom is 0.184 e. The Bertz CT molecular complexity index is 566. The number of hydrogen-bond acceptors (Lipinski definition) is 2. The van der Waals surface area contributed by atoms with Crippen molar-refractivity contribution < 1.29 is 9.18 Å². The van der Waals surface area contributed by atoms with Crippen molar-refractivity contribution in [3.05, 3.63) is 71.0 Å². The lowest BCUT2D eigenvalue weighted by Crippen LogP contribution is -2.22. The Morgan fingerprint density at radius 3 is 2.44 bits per heavy atom. The first-order valence-corrected chi connectivity index (χ1v) is 5.70. The lowest BCUT2D eigenvalue weighted by Gasteiger charge is -2.12. The van der Waals surface area contributed by atoms with Crippen LogP contribution in [0.25, 0.3) is 0 Å². The molecule has 0 saturated carbocycles. The van der Waals surface area contributed by atoms with Crippen molar-refractivity contribution in [2.75, 3.05) is 0 Å². The molecule has 3 heteroatoms. The van der Waals surface area contributed by atoms with Crippen LogP contribution in [0.15, 0.2) is 48.5 Å². The average Bonchev–Trinajstić information content (AvgIpc) is 2.38. The van der Waals surface area contributed by atoms with Crippen LogP contribution in [0.4, 0.5) is 4.39 Å². The third-order valence-electron chi connectivity index (χ3n) is 2.90. The van der Waals surface area contributed by atoms with Gasteiger partial charge in [-0.15, -0.1) is 0 Å². The summed E-state index contributed by atoms with van der Waals surface area (Å²) in [4.78, 5) is 12.2. The monoisotopic (exact) mass is 243 g/mol. The van der Waals surface area contributed by atoms with Crippen molar-refractivity contribution in [2.24, 2.45) is 5.73 Å². The Balaban J connectivity index is 2.32. The van der Waals surface area contributed by atoms with E-state index in [1.807, 2.05) is 18.2 Å². The van der Waals surface area contributed by atoms with Crippen molar-refractivity contribution in [2.45, 2.75) is 13.0 Å². The molecule has 0 amide bonds. The first kappa shape index (κ1) is 12.5. The minimum atomic E-state index is -0.713. The highest BCUT2D eigenvalue weighted by atomic mass is 19.1. The lowest BCUT2D eigenvalue weighted by molar-refractivity contribution is 0.0960. The Kier molecular flexibility index (Phi) is 3.53. The van der Waals surface area contributed by atoms with Gasteiger partial charge in [-0.1, -0.05) is 30.3 Å². The van der Waals surface area contributed by atoms with Gasteiger partial charge in [-0.2, -0.15) is 0 Å². The Morgan fingerprint density at radius 2 is 1.83 bits per heavy atom. The van der Waals surface area contributed by atoms with E-state index in [1.165, 1.54) is 18.2 Å². The van der Waals surface area contributed by atoms with E-state index in [-0.39, 0.29) is 11.6 Å². The molecular formula is C15H14FNO. The van der Waals surface area contributed by atoms with Gasteiger partial charge in [0.2, 0.25) is 0 Å². The van der Waals surface area contributed by atoms with Crippen LogP contribution in [-0.2, 0) is 0 Å². The van der Waals surface area contributed by atoms with E-state index in [4.69, 9.17) is 5.73 Å². The van der Waals surface area contributed by atoms with Gasteiger partial charge >= 0.3 is 0 Å². The maximum absolute atomic E-state index is 13.0. The van der Waals surface area contributed by atoms with E-state index in [0.29, 0.717) is 11.1 Å². The van der Waals surface area contributed by atoms with E-state index in [0.717, 1.165) is 5.56 Å². The van der Waals surface area contributed by atoms with E-state index in [2.05, 4.69) is 0 Å². The molecule has 18 heavy (non-hydrogen) atoms. The normalized spacial score (nSPS) is 12.2. The number of halogens is 1. The van der Waals surface area contributed by atoms with Gasteiger partial charge in [0.25, 0.3) is 0 Å². The minimum Gasteiger partial charge on any atom is -0.318 e. The molecule has 0 aliphatic rings. The van der Waals surface area contributed by atoms with E-state index >= 15 is 0 Å². The molecule has 2 rings (SSSR count). The molecule has 92 valence electrons. The van der Waals surface area contributed by atoms with Crippen molar-refractivity contribution in [1.29, 1.82) is 0 Å². The highest BCUT2D eigenvalue weighted by molar-refractivity contribution is 6.01. The van der Waals surface area contributed by atoms with Crippen molar-refractivity contribution >= 4 is 5.78 Å². The fraction of sp³-hybridized carbons (Fsp3) is 0.133. The fourth-order valence-corrected chi connectivity index (χ4v) is 1.88. The second kappa shape index (κ2) is 5.10. The molecule has 0 fully saturated rings. The average molecular weight is 243 g/mol. The molecule has 2 aromatic rings. The number of benzene rings is 2. The number of Topliss-reactive ketones (excluding diaryl/α,β-unsaturated/α-hetero) is 1. The molecular weight excluding hydrogens is 229 g/mol. The van der Waals surface area contributed by atoms with Crippen LogP contribution in [0.2, 0.25) is 0 Å². The predicted molar refractivity (Wildman–Crippen MR) is 68.8 cm³/mol. The number of ketones is 1. The molecule has 0 heterocycles. The summed E-state index contributed by atoms with van der Waals surface area (Å²) in [6.45, 7) is 1.70. The van der Waals surface area contributed by atoms with Crippen LogP contribution < -0.4 is 5.73 Å². The Hall–Kier alpha value is -2.00. The summed E-state index contributed by atoms with van der Waals surface area (Å²) >= 11 is 0. The van der Waals surface area contributed by atoms with Crippen LogP contribution in [0.1, 0.15) is 27.5 Å². The predicted octanol–water partition coefficient (Wildman–Crippen LogP) is 3.02. The summed E-state index contributed by atoms with van der Waals surface area (Å²) in [6, 6.07) is 12.5. The van der Waals surface area contributed by atoms with Crippen LogP contribution >= 0.6 is 0 Å². The van der Waals surface area contributed by atoms with Gasteiger partial charge in [0.1, 0.15) is 5.82 Å². The molecule has 0 saturated heterocycles. The maximum atomic E-state index is 13.0. The van der Waals surface area contributed by atoms with Gasteiger partial charge in [-0.3, -0.25) is 4.79 Å². The van der Waals surface area contributed by atoms with Crippen LogP contribution in [0.5, 0.6) is 0 Å². The SMILES string of the molecule is Cc1cc(F)ccc1C(=O)[C@H](N)c1ccccc1. The molecule has 0 radical (unpaired) electrons. The Morgan fingerprint density at radius 1 is 1.17 bits per heavy atom. The fourth-order valence-electron chi connectivity index (χ4n) is 1.88. The molecule has 0 bridgehead atoms. The minimum absolute atomic E-state index is 0.196. The zero-order chi connectivity index (χ0) is 13.1. The molecule has 0 aromatic heterocycles. The number of rotatable bonds is 3. The molecule has 0 aliphatic carbocycles. The molecule has 0 spiro atoms. The van der Waals surface area contributed by atoms with Gasteiger partial charge < -0.3 is 5.73 Å². The first-order chi connectivity index (χ1) is 8.59. The largest absolute Gasteiger partial charge is 0.318 e. The van der Waals surface area contributed by atoms with Gasteiger partial charge in [0, 0.05) is 5.56 Å². The van der Waals surface area contributed by atoms with Crippen LogP contribution in [0.3, 0.4) is 0 Å². The number of aryl methyl sites for hydroxylation is 1. The molecule has 2 N–H and O–H groups in total. The second-order valence-electron chi connectivity index (χ2n) is 4.21. The topological polar surface area (TPSA) is 43.1 Å². The van der Waals surface area contributed by atoms with E-state index in [1.54, 1.807) is 19.1 Å². The number of hydrogen-bond donors (Lipinski definition) is 1. The third kappa shape index (κ3) is 2.46. The van der Waals surface area contributed by atoms with Crippen molar-refractivity contribution in [3.63, 3.8) is 0 Å². The van der Waals surface area contributed by atoms with E-state index in [9.17, 15) is 9.18 Å². The van der Waals surface area contributed by atoms with Crippen molar-refractivity contribution in [1.82, 2.24) is 0 Å². The second-order valence-corrected chi connectivity index (χ2v) is 4.21. The van der Waals surface area contributed by atoms with Crippen molar-refractivity contribution in [3.8, 4) is 0 Å². The lowest BCUT2D eigenvalue weighted by atomic mass is 9.95. The summed E-state index contributed by atoms with van der Waals surface area (Å²) in [5.41, 5.74) is 7.76. The summed E-state index contributed by atoms with van der Waals surface area (Å²) in [7, 11) is 0.